The van der Waals surface area contributed by atoms with Crippen molar-refractivity contribution in [1.29, 1.82) is 0 Å². The molecule has 0 spiro atoms. The predicted octanol–water partition coefficient (Wildman–Crippen LogP) is 9.08. The summed E-state index contributed by atoms with van der Waals surface area (Å²) in [6, 6.07) is 23.6. The Morgan fingerprint density at radius 3 is 2.68 bits per heavy atom. The molecule has 188 valence electrons. The summed E-state index contributed by atoms with van der Waals surface area (Å²) in [4.78, 5) is 17.2. The molecule has 38 heavy (non-hydrogen) atoms. The maximum absolute atomic E-state index is 11.7. The molecule has 0 amide bonds. The number of aliphatic imine (C=N–C) groups is 1. The van der Waals surface area contributed by atoms with E-state index in [0.717, 1.165) is 24.8 Å². The topological polar surface area (TPSA) is 29.4 Å². The molecule has 0 radical (unpaired) electrons. The number of ketones is 1. The third-order valence-electron chi connectivity index (χ3n) is 7.95. The maximum Gasteiger partial charge on any atom is 0.159 e. The Morgan fingerprint density at radius 1 is 0.974 bits per heavy atom. The van der Waals surface area contributed by atoms with Crippen LogP contribution in [-0.4, -0.2) is 12.0 Å². The fourth-order valence-electron chi connectivity index (χ4n) is 5.89. The molecule has 1 aromatic heterocycles. The van der Waals surface area contributed by atoms with Gasteiger partial charge in [0.2, 0.25) is 0 Å². The average Bonchev–Trinajstić information content (AvgIpc) is 3.28. The van der Waals surface area contributed by atoms with E-state index in [4.69, 9.17) is 0 Å². The lowest BCUT2D eigenvalue weighted by molar-refractivity contribution is 0.101. The number of hydrogen-bond donors (Lipinski definition) is 0. The monoisotopic (exact) mass is 513 g/mol. The maximum atomic E-state index is 11.7. The Balaban J connectivity index is 0.000000221. The highest BCUT2D eigenvalue weighted by Gasteiger charge is 2.28. The van der Waals surface area contributed by atoms with Gasteiger partial charge in [0.25, 0.3) is 0 Å². The van der Waals surface area contributed by atoms with Crippen molar-refractivity contribution in [3.8, 4) is 0 Å². The molecule has 3 heteroatoms. The molecule has 7 rings (SSSR count). The van der Waals surface area contributed by atoms with Crippen molar-refractivity contribution in [3.05, 3.63) is 129 Å². The van der Waals surface area contributed by atoms with Crippen molar-refractivity contribution >= 4 is 45.8 Å². The standard InChI is InChI=1S/C27H24O.C8H7NS/c1-17-14-27-23-11-8-20(18(2)28)15-22(23)10-13-25(27)24-12-9-21(16-26(17)24)19-6-4-3-5-7-19;1-4-9-5-2-8-7(1)3-6-10-8/h3-13,15,17,21H,14,16H2,1-2H3;2-6H,1H2. The Bertz CT molecular complexity index is 1630. The Kier molecular flexibility index (Phi) is 6.78. The van der Waals surface area contributed by atoms with E-state index < -0.39 is 0 Å². The number of benzene rings is 3. The number of fused-ring (bicyclic) bond motifs is 5. The van der Waals surface area contributed by atoms with Crippen molar-refractivity contribution < 1.29 is 4.79 Å². The molecule has 1 aliphatic heterocycles. The second kappa shape index (κ2) is 10.5. The van der Waals surface area contributed by atoms with Gasteiger partial charge in [0.05, 0.1) is 0 Å². The molecule has 2 heterocycles. The molecule has 2 nitrogen and oxygen atoms in total. The average molecular weight is 514 g/mol. The first-order valence-electron chi connectivity index (χ1n) is 13.4. The Labute approximate surface area is 228 Å². The fourth-order valence-corrected chi connectivity index (χ4v) is 6.71. The van der Waals surface area contributed by atoms with Crippen LogP contribution in [0.3, 0.4) is 0 Å². The van der Waals surface area contributed by atoms with Crippen LogP contribution in [0.4, 0.5) is 0 Å². The zero-order valence-corrected chi connectivity index (χ0v) is 22.7. The van der Waals surface area contributed by atoms with Gasteiger partial charge in [0, 0.05) is 35.2 Å². The third-order valence-corrected chi connectivity index (χ3v) is 8.88. The lowest BCUT2D eigenvalue weighted by Crippen LogP contribution is -2.18. The van der Waals surface area contributed by atoms with Crippen molar-refractivity contribution in [2.24, 2.45) is 10.9 Å². The van der Waals surface area contributed by atoms with Crippen LogP contribution in [0.15, 0.2) is 101 Å². The van der Waals surface area contributed by atoms with Crippen LogP contribution in [0, 0.1) is 5.92 Å². The molecular formula is C35H31NOS. The number of hydrogen-bond acceptors (Lipinski definition) is 3. The third kappa shape index (κ3) is 4.75. The lowest BCUT2D eigenvalue weighted by atomic mass is 9.71. The molecule has 4 aromatic rings. The molecule has 3 aromatic carbocycles. The minimum atomic E-state index is 0.125. The summed E-state index contributed by atoms with van der Waals surface area (Å²) in [6.07, 6.45) is 13.7. The smallest absolute Gasteiger partial charge is 0.159 e. The zero-order chi connectivity index (χ0) is 26.1. The van der Waals surface area contributed by atoms with E-state index in [1.165, 1.54) is 43.5 Å². The highest BCUT2D eigenvalue weighted by Crippen LogP contribution is 2.45. The Morgan fingerprint density at radius 2 is 1.84 bits per heavy atom. The van der Waals surface area contributed by atoms with E-state index in [1.54, 1.807) is 23.8 Å². The van der Waals surface area contributed by atoms with E-state index in [9.17, 15) is 4.79 Å². The van der Waals surface area contributed by atoms with E-state index in [1.807, 2.05) is 24.5 Å². The number of carbonyl (C=O) groups is 1. The number of carbonyl (C=O) groups excluding carboxylic acids is 1. The van der Waals surface area contributed by atoms with Crippen molar-refractivity contribution in [2.45, 2.75) is 39.0 Å². The van der Waals surface area contributed by atoms with Crippen LogP contribution >= 0.6 is 11.3 Å². The molecule has 0 bridgehead atoms. The van der Waals surface area contributed by atoms with Gasteiger partial charge < -0.3 is 0 Å². The summed E-state index contributed by atoms with van der Waals surface area (Å²) in [5.74, 6) is 1.14. The van der Waals surface area contributed by atoms with Crippen molar-refractivity contribution in [3.63, 3.8) is 0 Å². The summed E-state index contributed by atoms with van der Waals surface area (Å²) in [6.45, 7) is 4.00. The molecule has 3 aliphatic rings. The van der Waals surface area contributed by atoms with Crippen LogP contribution in [0.5, 0.6) is 0 Å². The van der Waals surface area contributed by atoms with E-state index >= 15 is 0 Å². The number of Topliss-reactive ketones (excluding diaryl/α,β-unsaturated/α-hetero) is 1. The van der Waals surface area contributed by atoms with E-state index in [-0.39, 0.29) is 5.78 Å². The molecule has 2 unspecified atom stereocenters. The van der Waals surface area contributed by atoms with Crippen LogP contribution in [0.2, 0.25) is 0 Å². The van der Waals surface area contributed by atoms with E-state index in [0.29, 0.717) is 11.8 Å². The molecule has 0 fully saturated rings. The molecule has 0 saturated heterocycles. The second-order valence-corrected chi connectivity index (χ2v) is 11.3. The summed E-state index contributed by atoms with van der Waals surface area (Å²) >= 11 is 1.77. The first-order chi connectivity index (χ1) is 18.6. The van der Waals surface area contributed by atoms with Crippen LogP contribution in [0.1, 0.15) is 63.7 Å². The van der Waals surface area contributed by atoms with Gasteiger partial charge in [-0.1, -0.05) is 79.2 Å². The SMILES string of the molecule is C1=Cc2sccc2CC=N1.CC(=O)c1ccc2c3c(ccc2c1)C1=C(CC(c2ccccc2)C=C1)C(C)C3. The molecule has 0 N–H and O–H groups in total. The quantitative estimate of drug-likeness (QED) is 0.246. The zero-order valence-electron chi connectivity index (χ0n) is 21.9. The minimum Gasteiger partial charge on any atom is -0.295 e. The predicted molar refractivity (Wildman–Crippen MR) is 162 cm³/mol. The van der Waals surface area contributed by atoms with Gasteiger partial charge >= 0.3 is 0 Å². The normalized spacial score (nSPS) is 19.2. The van der Waals surface area contributed by atoms with Gasteiger partial charge in [0.1, 0.15) is 0 Å². The molecule has 2 atom stereocenters. The lowest BCUT2D eigenvalue weighted by Gasteiger charge is -2.33. The van der Waals surface area contributed by atoms with Crippen LogP contribution in [-0.2, 0) is 12.8 Å². The van der Waals surface area contributed by atoms with Gasteiger partial charge in [-0.15, -0.1) is 11.3 Å². The number of rotatable bonds is 2. The molecular weight excluding hydrogens is 482 g/mol. The summed E-state index contributed by atoms with van der Waals surface area (Å²) in [7, 11) is 0. The number of thiophene rings is 1. The van der Waals surface area contributed by atoms with Gasteiger partial charge in [-0.25, -0.2) is 0 Å². The number of nitrogens with zero attached hydrogens (tertiary/aromatic N) is 1. The van der Waals surface area contributed by atoms with E-state index in [2.05, 4.69) is 90.1 Å². The number of allylic oxidation sites excluding steroid dienone is 4. The molecule has 2 aliphatic carbocycles. The van der Waals surface area contributed by atoms with Crippen LogP contribution < -0.4 is 0 Å². The summed E-state index contributed by atoms with van der Waals surface area (Å²) < 4.78 is 0. The van der Waals surface area contributed by atoms with Crippen LogP contribution in [0.25, 0.3) is 22.4 Å². The summed E-state index contributed by atoms with van der Waals surface area (Å²) in [5.41, 5.74) is 9.39. The minimum absolute atomic E-state index is 0.125. The van der Waals surface area contributed by atoms with Gasteiger partial charge in [-0.05, 0) is 87.9 Å². The molecule has 0 saturated carbocycles. The largest absolute Gasteiger partial charge is 0.295 e. The first kappa shape index (κ1) is 24.5. The van der Waals surface area contributed by atoms with Crippen molar-refractivity contribution in [1.82, 2.24) is 0 Å². The summed E-state index contributed by atoms with van der Waals surface area (Å²) in [5, 5.41) is 4.58. The fraction of sp³-hybridized carbons (Fsp3) is 0.200. The second-order valence-electron chi connectivity index (χ2n) is 10.4. The van der Waals surface area contributed by atoms with Gasteiger partial charge in [-0.3, -0.25) is 9.79 Å². The van der Waals surface area contributed by atoms with Gasteiger partial charge in [0.15, 0.2) is 5.78 Å². The Hall–Kier alpha value is -3.82. The highest BCUT2D eigenvalue weighted by atomic mass is 32.1. The highest BCUT2D eigenvalue weighted by molar-refractivity contribution is 7.11. The van der Waals surface area contributed by atoms with Crippen molar-refractivity contribution in [2.75, 3.05) is 0 Å². The first-order valence-corrected chi connectivity index (χ1v) is 14.2. The van der Waals surface area contributed by atoms with Gasteiger partial charge in [-0.2, -0.15) is 0 Å².